The van der Waals surface area contributed by atoms with Gasteiger partial charge in [-0.2, -0.15) is 0 Å². The highest BCUT2D eigenvalue weighted by Crippen LogP contribution is 2.24. The minimum atomic E-state index is -0.600. The van der Waals surface area contributed by atoms with E-state index in [1.807, 2.05) is 25.1 Å². The highest BCUT2D eigenvalue weighted by atomic mass is 32.2. The molecule has 0 bridgehead atoms. The molecule has 0 saturated heterocycles. The summed E-state index contributed by atoms with van der Waals surface area (Å²) in [5, 5.41) is 10.1. The SMILES string of the molecule is COc1cccc(CC(O)CSc2cccc(C)c2)c1F. The number of hydrogen-bond donors (Lipinski definition) is 1. The van der Waals surface area contributed by atoms with Gasteiger partial charge in [0.25, 0.3) is 0 Å². The van der Waals surface area contributed by atoms with Gasteiger partial charge >= 0.3 is 0 Å². The fourth-order valence-electron chi connectivity index (χ4n) is 2.08. The van der Waals surface area contributed by atoms with Crippen molar-refractivity contribution in [2.24, 2.45) is 0 Å². The van der Waals surface area contributed by atoms with E-state index in [2.05, 4.69) is 6.07 Å². The lowest BCUT2D eigenvalue weighted by Gasteiger charge is -2.12. The number of aliphatic hydroxyl groups is 1. The van der Waals surface area contributed by atoms with E-state index in [0.717, 1.165) is 4.90 Å². The van der Waals surface area contributed by atoms with Crippen LogP contribution in [0.2, 0.25) is 0 Å². The maximum Gasteiger partial charge on any atom is 0.168 e. The average Bonchev–Trinajstić information content (AvgIpc) is 2.47. The van der Waals surface area contributed by atoms with Crippen LogP contribution >= 0.6 is 11.8 Å². The van der Waals surface area contributed by atoms with Crippen molar-refractivity contribution in [3.05, 3.63) is 59.4 Å². The second-order valence-corrected chi connectivity index (χ2v) is 6.01. The van der Waals surface area contributed by atoms with E-state index < -0.39 is 6.10 Å². The van der Waals surface area contributed by atoms with Gasteiger partial charge in [-0.25, -0.2) is 4.39 Å². The molecule has 2 aromatic carbocycles. The van der Waals surface area contributed by atoms with Crippen molar-refractivity contribution in [1.82, 2.24) is 0 Å². The second-order valence-electron chi connectivity index (χ2n) is 4.92. The van der Waals surface area contributed by atoms with Gasteiger partial charge in [0.05, 0.1) is 13.2 Å². The van der Waals surface area contributed by atoms with Crippen molar-refractivity contribution in [3.63, 3.8) is 0 Å². The van der Waals surface area contributed by atoms with E-state index in [0.29, 0.717) is 11.3 Å². The number of aliphatic hydroxyl groups excluding tert-OH is 1. The van der Waals surface area contributed by atoms with E-state index in [1.54, 1.807) is 30.0 Å². The molecule has 0 aliphatic carbocycles. The first kappa shape index (κ1) is 15.9. The molecular weight excluding hydrogens is 287 g/mol. The smallest absolute Gasteiger partial charge is 0.168 e. The first-order chi connectivity index (χ1) is 10.1. The van der Waals surface area contributed by atoms with Crippen molar-refractivity contribution in [2.45, 2.75) is 24.3 Å². The second kappa shape index (κ2) is 7.48. The minimum Gasteiger partial charge on any atom is -0.494 e. The fourth-order valence-corrected chi connectivity index (χ4v) is 3.03. The molecule has 0 aliphatic rings. The summed E-state index contributed by atoms with van der Waals surface area (Å²) in [4.78, 5) is 1.11. The lowest BCUT2D eigenvalue weighted by Crippen LogP contribution is -2.14. The van der Waals surface area contributed by atoms with E-state index in [1.165, 1.54) is 12.7 Å². The van der Waals surface area contributed by atoms with E-state index >= 15 is 0 Å². The predicted molar refractivity (Wildman–Crippen MR) is 84.6 cm³/mol. The molecule has 0 amide bonds. The molecule has 4 heteroatoms. The van der Waals surface area contributed by atoms with Gasteiger partial charge in [-0.3, -0.25) is 0 Å². The first-order valence-corrected chi connectivity index (χ1v) is 7.77. The summed E-state index contributed by atoms with van der Waals surface area (Å²) in [5.41, 5.74) is 1.67. The third-order valence-electron chi connectivity index (χ3n) is 3.15. The lowest BCUT2D eigenvalue weighted by atomic mass is 10.1. The van der Waals surface area contributed by atoms with Crippen LogP contribution in [-0.2, 0) is 6.42 Å². The molecule has 2 rings (SSSR count). The number of aryl methyl sites for hydroxylation is 1. The standard InChI is InChI=1S/C17H19FO2S/c1-12-5-3-7-15(9-12)21-11-14(19)10-13-6-4-8-16(20-2)17(13)18/h3-9,14,19H,10-11H2,1-2H3. The van der Waals surface area contributed by atoms with Crippen LogP contribution in [0.5, 0.6) is 5.75 Å². The Kier molecular flexibility index (Phi) is 5.65. The van der Waals surface area contributed by atoms with Gasteiger partial charge in [0, 0.05) is 17.1 Å². The van der Waals surface area contributed by atoms with Gasteiger partial charge in [0.1, 0.15) is 0 Å². The Morgan fingerprint density at radius 3 is 2.71 bits per heavy atom. The number of ether oxygens (including phenoxy) is 1. The van der Waals surface area contributed by atoms with Crippen molar-refractivity contribution >= 4 is 11.8 Å². The highest BCUT2D eigenvalue weighted by Gasteiger charge is 2.13. The van der Waals surface area contributed by atoms with Gasteiger partial charge < -0.3 is 9.84 Å². The van der Waals surface area contributed by atoms with Crippen molar-refractivity contribution in [1.29, 1.82) is 0 Å². The molecule has 0 saturated carbocycles. The van der Waals surface area contributed by atoms with Crippen LogP contribution < -0.4 is 4.74 Å². The number of thioether (sulfide) groups is 1. The maximum absolute atomic E-state index is 14.0. The molecule has 112 valence electrons. The largest absolute Gasteiger partial charge is 0.494 e. The molecule has 0 fully saturated rings. The summed E-state index contributed by atoms with van der Waals surface area (Å²) in [6.07, 6.45) is -0.320. The molecule has 1 atom stereocenters. The van der Waals surface area contributed by atoms with Crippen LogP contribution in [0.15, 0.2) is 47.4 Å². The normalized spacial score (nSPS) is 12.2. The summed E-state index contributed by atoms with van der Waals surface area (Å²) < 4.78 is 19.0. The third kappa shape index (κ3) is 4.48. The quantitative estimate of drug-likeness (QED) is 0.822. The van der Waals surface area contributed by atoms with E-state index in [9.17, 15) is 9.50 Å². The van der Waals surface area contributed by atoms with Gasteiger partial charge in [0.15, 0.2) is 11.6 Å². The highest BCUT2D eigenvalue weighted by molar-refractivity contribution is 7.99. The van der Waals surface area contributed by atoms with Gasteiger partial charge in [-0.15, -0.1) is 11.8 Å². The molecule has 0 heterocycles. The van der Waals surface area contributed by atoms with Crippen LogP contribution in [0.1, 0.15) is 11.1 Å². The molecule has 1 N–H and O–H groups in total. The molecule has 0 aromatic heterocycles. The number of methoxy groups -OCH3 is 1. The van der Waals surface area contributed by atoms with Gasteiger partial charge in [-0.05, 0) is 30.7 Å². The molecule has 2 aromatic rings. The molecule has 0 spiro atoms. The minimum absolute atomic E-state index is 0.214. The van der Waals surface area contributed by atoms with Crippen LogP contribution in [0, 0.1) is 12.7 Å². The number of hydrogen-bond acceptors (Lipinski definition) is 3. The lowest BCUT2D eigenvalue weighted by molar-refractivity contribution is 0.198. The Morgan fingerprint density at radius 1 is 1.24 bits per heavy atom. The number of benzene rings is 2. The molecule has 2 nitrogen and oxygen atoms in total. The summed E-state index contributed by atoms with van der Waals surface area (Å²) in [6, 6.07) is 13.1. The summed E-state index contributed by atoms with van der Waals surface area (Å²) in [6.45, 7) is 2.03. The predicted octanol–water partition coefficient (Wildman–Crippen LogP) is 3.84. The first-order valence-electron chi connectivity index (χ1n) is 6.79. The zero-order chi connectivity index (χ0) is 15.2. The van der Waals surface area contributed by atoms with Crippen LogP contribution in [0.3, 0.4) is 0 Å². The molecule has 0 aliphatic heterocycles. The fraction of sp³-hybridized carbons (Fsp3) is 0.294. The van der Waals surface area contributed by atoms with Crippen LogP contribution in [0.25, 0.3) is 0 Å². The average molecular weight is 306 g/mol. The number of halogens is 1. The number of rotatable bonds is 6. The van der Waals surface area contributed by atoms with E-state index in [4.69, 9.17) is 4.74 Å². The van der Waals surface area contributed by atoms with Crippen molar-refractivity contribution in [2.75, 3.05) is 12.9 Å². The zero-order valence-electron chi connectivity index (χ0n) is 12.2. The monoisotopic (exact) mass is 306 g/mol. The van der Waals surface area contributed by atoms with Crippen LogP contribution in [-0.4, -0.2) is 24.1 Å². The van der Waals surface area contributed by atoms with Gasteiger partial charge in [0.2, 0.25) is 0 Å². The van der Waals surface area contributed by atoms with Crippen molar-refractivity contribution < 1.29 is 14.2 Å². The zero-order valence-corrected chi connectivity index (χ0v) is 13.0. The summed E-state index contributed by atoms with van der Waals surface area (Å²) in [7, 11) is 1.44. The molecular formula is C17H19FO2S. The Bertz CT molecular complexity index is 601. The Morgan fingerprint density at radius 2 is 2.00 bits per heavy atom. The van der Waals surface area contributed by atoms with Gasteiger partial charge in [-0.1, -0.05) is 29.8 Å². The van der Waals surface area contributed by atoms with Crippen molar-refractivity contribution in [3.8, 4) is 5.75 Å². The third-order valence-corrected chi connectivity index (χ3v) is 4.29. The maximum atomic E-state index is 14.0. The summed E-state index contributed by atoms with van der Waals surface area (Å²) >= 11 is 1.57. The Balaban J connectivity index is 1.94. The van der Waals surface area contributed by atoms with Crippen LogP contribution in [0.4, 0.5) is 4.39 Å². The molecule has 1 unspecified atom stereocenters. The Labute approximate surface area is 129 Å². The topological polar surface area (TPSA) is 29.5 Å². The van der Waals surface area contributed by atoms with E-state index in [-0.39, 0.29) is 18.0 Å². The molecule has 0 radical (unpaired) electrons. The Hall–Kier alpha value is -1.52. The molecule has 21 heavy (non-hydrogen) atoms. The summed E-state index contributed by atoms with van der Waals surface area (Å²) in [5.74, 6) is 0.353.